The molecule has 1 N–H and O–H groups in total. The Kier molecular flexibility index (Phi) is 4.43. The highest BCUT2D eigenvalue weighted by Gasteiger charge is 2.37. The van der Waals surface area contributed by atoms with Gasteiger partial charge in [-0.25, -0.2) is 0 Å². The predicted octanol–water partition coefficient (Wildman–Crippen LogP) is 3.16. The monoisotopic (exact) mass is 279 g/mol. The van der Waals surface area contributed by atoms with E-state index in [1.807, 2.05) is 12.1 Å². The van der Waals surface area contributed by atoms with Crippen molar-refractivity contribution in [2.24, 2.45) is 5.41 Å². The normalized spacial score (nSPS) is 17.4. The summed E-state index contributed by atoms with van der Waals surface area (Å²) < 4.78 is 16.1. The Labute approximate surface area is 121 Å². The van der Waals surface area contributed by atoms with E-state index in [1.165, 1.54) is 12.8 Å². The zero-order valence-corrected chi connectivity index (χ0v) is 13.1. The van der Waals surface area contributed by atoms with Gasteiger partial charge < -0.3 is 19.5 Å². The highest BCUT2D eigenvalue weighted by molar-refractivity contribution is 5.54. The van der Waals surface area contributed by atoms with Gasteiger partial charge in [0.25, 0.3) is 0 Å². The van der Waals surface area contributed by atoms with Crippen molar-refractivity contribution >= 4 is 0 Å². The molecule has 0 bridgehead atoms. The van der Waals surface area contributed by atoms with Gasteiger partial charge in [0.2, 0.25) is 5.75 Å². The summed E-state index contributed by atoms with van der Waals surface area (Å²) in [5.41, 5.74) is 1.64. The number of methoxy groups -OCH3 is 3. The third kappa shape index (κ3) is 3.18. The Bertz CT molecular complexity index is 444. The Hall–Kier alpha value is -1.42. The van der Waals surface area contributed by atoms with Crippen LogP contribution < -0.4 is 19.5 Å². The summed E-state index contributed by atoms with van der Waals surface area (Å²) in [7, 11) is 4.91. The van der Waals surface area contributed by atoms with E-state index < -0.39 is 0 Å². The minimum atomic E-state index is 0.251. The SMILES string of the molecule is COc1cc(C(C)NCC2(C)CC2)cc(OC)c1OC. The molecule has 1 aromatic carbocycles. The van der Waals surface area contributed by atoms with E-state index in [2.05, 4.69) is 19.2 Å². The number of nitrogens with one attached hydrogen (secondary N) is 1. The van der Waals surface area contributed by atoms with Crippen LogP contribution in [0.15, 0.2) is 12.1 Å². The van der Waals surface area contributed by atoms with Gasteiger partial charge in [-0.05, 0) is 42.9 Å². The van der Waals surface area contributed by atoms with E-state index in [9.17, 15) is 0 Å². The average molecular weight is 279 g/mol. The Balaban J connectivity index is 2.17. The standard InChI is InChI=1S/C16H25NO3/c1-11(17-10-16(2)6-7-16)12-8-13(18-3)15(20-5)14(9-12)19-4/h8-9,11,17H,6-7,10H2,1-5H3. The number of hydrogen-bond donors (Lipinski definition) is 1. The molecular formula is C16H25NO3. The molecule has 0 saturated heterocycles. The summed E-state index contributed by atoms with van der Waals surface area (Å²) >= 11 is 0. The van der Waals surface area contributed by atoms with E-state index >= 15 is 0 Å². The molecule has 1 aliphatic rings. The van der Waals surface area contributed by atoms with Crippen LogP contribution in [0.4, 0.5) is 0 Å². The zero-order valence-electron chi connectivity index (χ0n) is 13.1. The van der Waals surface area contributed by atoms with Gasteiger partial charge in [-0.3, -0.25) is 0 Å². The van der Waals surface area contributed by atoms with Gasteiger partial charge in [0.05, 0.1) is 21.3 Å². The van der Waals surface area contributed by atoms with Crippen molar-refractivity contribution in [1.82, 2.24) is 5.32 Å². The summed E-state index contributed by atoms with van der Waals surface area (Å²) in [6.45, 7) is 5.53. The van der Waals surface area contributed by atoms with Crippen LogP contribution in [0.5, 0.6) is 17.2 Å². The van der Waals surface area contributed by atoms with Crippen molar-refractivity contribution in [3.63, 3.8) is 0 Å². The molecule has 0 aliphatic heterocycles. The molecule has 0 amide bonds. The van der Waals surface area contributed by atoms with Crippen LogP contribution in [0.1, 0.15) is 38.3 Å². The molecular weight excluding hydrogens is 254 g/mol. The molecule has 4 nitrogen and oxygen atoms in total. The van der Waals surface area contributed by atoms with Crippen LogP contribution in [0.2, 0.25) is 0 Å². The molecule has 0 spiro atoms. The molecule has 1 atom stereocenters. The second-order valence-corrected chi connectivity index (χ2v) is 5.87. The lowest BCUT2D eigenvalue weighted by Crippen LogP contribution is -2.25. The first-order valence-electron chi connectivity index (χ1n) is 7.06. The number of ether oxygens (including phenoxy) is 3. The lowest BCUT2D eigenvalue weighted by Gasteiger charge is -2.20. The molecule has 1 saturated carbocycles. The second kappa shape index (κ2) is 5.92. The zero-order chi connectivity index (χ0) is 14.8. The molecule has 1 aliphatic carbocycles. The molecule has 2 rings (SSSR count). The van der Waals surface area contributed by atoms with Crippen molar-refractivity contribution in [2.45, 2.75) is 32.7 Å². The fourth-order valence-electron chi connectivity index (χ4n) is 2.26. The highest BCUT2D eigenvalue weighted by atomic mass is 16.5. The van der Waals surface area contributed by atoms with Crippen LogP contribution in [0.3, 0.4) is 0 Å². The molecule has 0 aromatic heterocycles. The molecule has 1 unspecified atom stereocenters. The average Bonchev–Trinajstić information content (AvgIpc) is 3.21. The van der Waals surface area contributed by atoms with Gasteiger partial charge in [0, 0.05) is 12.6 Å². The Morgan fingerprint density at radius 3 is 2.05 bits per heavy atom. The summed E-state index contributed by atoms with van der Waals surface area (Å²) in [6.07, 6.45) is 2.64. The Morgan fingerprint density at radius 2 is 1.65 bits per heavy atom. The molecule has 1 aromatic rings. The maximum Gasteiger partial charge on any atom is 0.203 e. The van der Waals surface area contributed by atoms with Gasteiger partial charge in [-0.15, -0.1) is 0 Å². The maximum absolute atomic E-state index is 5.39. The minimum absolute atomic E-state index is 0.251. The Morgan fingerprint density at radius 1 is 1.10 bits per heavy atom. The first-order valence-corrected chi connectivity index (χ1v) is 7.06. The smallest absolute Gasteiger partial charge is 0.203 e. The van der Waals surface area contributed by atoms with Crippen LogP contribution in [0, 0.1) is 5.41 Å². The van der Waals surface area contributed by atoms with Gasteiger partial charge >= 0.3 is 0 Å². The third-order valence-corrected chi connectivity index (χ3v) is 4.13. The molecule has 0 radical (unpaired) electrons. The molecule has 4 heteroatoms. The molecule has 0 heterocycles. The topological polar surface area (TPSA) is 39.7 Å². The van der Waals surface area contributed by atoms with Gasteiger partial charge in [-0.2, -0.15) is 0 Å². The summed E-state index contributed by atoms with van der Waals surface area (Å²) in [5.74, 6) is 2.04. The summed E-state index contributed by atoms with van der Waals surface area (Å²) in [4.78, 5) is 0. The van der Waals surface area contributed by atoms with Gasteiger partial charge in [0.1, 0.15) is 0 Å². The fourth-order valence-corrected chi connectivity index (χ4v) is 2.26. The summed E-state index contributed by atoms with van der Waals surface area (Å²) in [5, 5.41) is 3.59. The first kappa shape index (κ1) is 15.0. The number of rotatable bonds is 7. The minimum Gasteiger partial charge on any atom is -0.493 e. The van der Waals surface area contributed by atoms with Crippen LogP contribution in [0.25, 0.3) is 0 Å². The van der Waals surface area contributed by atoms with Crippen LogP contribution in [-0.2, 0) is 0 Å². The molecule has 1 fully saturated rings. The van der Waals surface area contributed by atoms with Gasteiger partial charge in [0.15, 0.2) is 11.5 Å². The lowest BCUT2D eigenvalue weighted by atomic mass is 10.0. The van der Waals surface area contributed by atoms with E-state index in [0.29, 0.717) is 22.7 Å². The van der Waals surface area contributed by atoms with Crippen molar-refractivity contribution in [1.29, 1.82) is 0 Å². The van der Waals surface area contributed by atoms with Crippen molar-refractivity contribution in [3.8, 4) is 17.2 Å². The van der Waals surface area contributed by atoms with Crippen molar-refractivity contribution in [2.75, 3.05) is 27.9 Å². The van der Waals surface area contributed by atoms with Crippen molar-refractivity contribution in [3.05, 3.63) is 17.7 Å². The third-order valence-electron chi connectivity index (χ3n) is 4.13. The maximum atomic E-state index is 5.39. The number of benzene rings is 1. The predicted molar refractivity (Wildman–Crippen MR) is 79.9 cm³/mol. The highest BCUT2D eigenvalue weighted by Crippen LogP contribution is 2.45. The molecule has 20 heavy (non-hydrogen) atoms. The molecule has 112 valence electrons. The van der Waals surface area contributed by atoms with Crippen LogP contribution in [-0.4, -0.2) is 27.9 Å². The van der Waals surface area contributed by atoms with Crippen molar-refractivity contribution < 1.29 is 14.2 Å². The van der Waals surface area contributed by atoms with Crippen LogP contribution >= 0.6 is 0 Å². The lowest BCUT2D eigenvalue weighted by molar-refractivity contribution is 0.323. The summed E-state index contributed by atoms with van der Waals surface area (Å²) in [6, 6.07) is 4.27. The van der Waals surface area contributed by atoms with E-state index in [-0.39, 0.29) is 6.04 Å². The quantitative estimate of drug-likeness (QED) is 0.832. The number of hydrogen-bond acceptors (Lipinski definition) is 4. The van der Waals surface area contributed by atoms with Gasteiger partial charge in [-0.1, -0.05) is 6.92 Å². The second-order valence-electron chi connectivity index (χ2n) is 5.87. The van der Waals surface area contributed by atoms with E-state index in [4.69, 9.17) is 14.2 Å². The first-order chi connectivity index (χ1) is 9.53. The van der Waals surface area contributed by atoms with E-state index in [1.54, 1.807) is 21.3 Å². The largest absolute Gasteiger partial charge is 0.493 e. The van der Waals surface area contributed by atoms with E-state index in [0.717, 1.165) is 12.1 Å². The fraction of sp³-hybridized carbons (Fsp3) is 0.625.